The van der Waals surface area contributed by atoms with Crippen molar-refractivity contribution in [1.29, 1.82) is 0 Å². The Bertz CT molecular complexity index is 368. The van der Waals surface area contributed by atoms with Gasteiger partial charge in [0.15, 0.2) is 0 Å². The van der Waals surface area contributed by atoms with Crippen LogP contribution in [0.3, 0.4) is 0 Å². The van der Waals surface area contributed by atoms with Gasteiger partial charge in [0.25, 0.3) is 0 Å². The number of rotatable bonds is 4. The topological polar surface area (TPSA) is 60.9 Å². The van der Waals surface area contributed by atoms with E-state index in [2.05, 4.69) is 0 Å². The fourth-order valence-electron chi connectivity index (χ4n) is 2.36. The Hall–Kier alpha value is -1.26. The number of urea groups is 1. The van der Waals surface area contributed by atoms with Crippen molar-refractivity contribution in [2.24, 2.45) is 5.41 Å². The molecule has 1 fully saturated rings. The second-order valence-electron chi connectivity index (χ2n) is 6.12. The molecule has 1 aliphatic rings. The molecular weight excluding hydrogens is 244 g/mol. The van der Waals surface area contributed by atoms with Gasteiger partial charge in [0, 0.05) is 25.7 Å². The Labute approximate surface area is 115 Å². The summed E-state index contributed by atoms with van der Waals surface area (Å²) >= 11 is 0. The minimum atomic E-state index is -0.789. The third-order valence-electron chi connectivity index (χ3n) is 4.81. The Morgan fingerprint density at radius 3 is 2.32 bits per heavy atom. The van der Waals surface area contributed by atoms with Crippen LogP contribution in [-0.4, -0.2) is 52.6 Å². The van der Waals surface area contributed by atoms with E-state index in [1.165, 1.54) is 0 Å². The fraction of sp³-hybridized carbons (Fsp3) is 0.857. The summed E-state index contributed by atoms with van der Waals surface area (Å²) in [6.07, 6.45) is 1.97. The van der Waals surface area contributed by atoms with Gasteiger partial charge in [-0.2, -0.15) is 0 Å². The van der Waals surface area contributed by atoms with Crippen molar-refractivity contribution in [2.45, 2.75) is 52.5 Å². The van der Waals surface area contributed by atoms with E-state index in [1.807, 2.05) is 27.7 Å². The molecule has 1 unspecified atom stereocenters. The molecule has 0 aromatic rings. The lowest BCUT2D eigenvalue weighted by Gasteiger charge is -2.37. The van der Waals surface area contributed by atoms with E-state index in [1.54, 1.807) is 16.8 Å². The van der Waals surface area contributed by atoms with Crippen LogP contribution in [0.5, 0.6) is 0 Å². The van der Waals surface area contributed by atoms with E-state index in [-0.39, 0.29) is 11.6 Å². The lowest BCUT2D eigenvalue weighted by atomic mass is 9.84. The molecule has 0 aromatic heterocycles. The quantitative estimate of drug-likeness (QED) is 0.853. The van der Waals surface area contributed by atoms with Gasteiger partial charge in [-0.15, -0.1) is 0 Å². The average Bonchev–Trinajstić information content (AvgIpc) is 2.82. The van der Waals surface area contributed by atoms with Gasteiger partial charge in [-0.25, -0.2) is 4.79 Å². The van der Waals surface area contributed by atoms with Gasteiger partial charge < -0.3 is 14.9 Å². The number of amides is 2. The number of nitrogens with zero attached hydrogens (tertiary/aromatic N) is 2. The average molecular weight is 270 g/mol. The van der Waals surface area contributed by atoms with Gasteiger partial charge >= 0.3 is 12.0 Å². The molecule has 5 heteroatoms. The van der Waals surface area contributed by atoms with E-state index >= 15 is 0 Å². The van der Waals surface area contributed by atoms with Gasteiger partial charge in [-0.05, 0) is 33.1 Å². The first kappa shape index (κ1) is 15.8. The molecule has 0 spiro atoms. The van der Waals surface area contributed by atoms with Crippen molar-refractivity contribution in [3.8, 4) is 0 Å². The molecule has 1 N–H and O–H groups in total. The normalized spacial score (nSPS) is 23.5. The van der Waals surface area contributed by atoms with Crippen LogP contribution in [0.25, 0.3) is 0 Å². The molecule has 0 aliphatic carbocycles. The first-order valence-corrected chi connectivity index (χ1v) is 6.96. The SMILES string of the molecule is CCC1(C(=O)O)CCN(C(=O)N(C)C(C)(C)CC)C1. The van der Waals surface area contributed by atoms with Gasteiger partial charge in [0.05, 0.1) is 5.41 Å². The molecule has 110 valence electrons. The molecule has 0 saturated carbocycles. The lowest BCUT2D eigenvalue weighted by Crippen LogP contribution is -2.51. The number of hydrogen-bond donors (Lipinski definition) is 1. The Kier molecular flexibility index (Phi) is 4.48. The highest BCUT2D eigenvalue weighted by Crippen LogP contribution is 2.35. The first-order valence-electron chi connectivity index (χ1n) is 6.96. The van der Waals surface area contributed by atoms with Crippen LogP contribution in [0, 0.1) is 5.41 Å². The smallest absolute Gasteiger partial charge is 0.320 e. The van der Waals surface area contributed by atoms with Gasteiger partial charge in [0.2, 0.25) is 0 Å². The third-order valence-corrected chi connectivity index (χ3v) is 4.81. The zero-order valence-corrected chi connectivity index (χ0v) is 12.7. The number of carbonyl (C=O) groups excluding carboxylic acids is 1. The molecule has 1 rings (SSSR count). The summed E-state index contributed by atoms with van der Waals surface area (Å²) in [5.74, 6) is -0.789. The van der Waals surface area contributed by atoms with Crippen LogP contribution in [0.2, 0.25) is 0 Å². The maximum Gasteiger partial charge on any atom is 0.320 e. The highest BCUT2D eigenvalue weighted by atomic mass is 16.4. The van der Waals surface area contributed by atoms with E-state index in [9.17, 15) is 14.7 Å². The van der Waals surface area contributed by atoms with Crippen LogP contribution < -0.4 is 0 Å². The van der Waals surface area contributed by atoms with Gasteiger partial charge in [0.1, 0.15) is 0 Å². The number of likely N-dealkylation sites (tertiary alicyclic amines) is 1. The molecular formula is C14H26N2O3. The number of hydrogen-bond acceptors (Lipinski definition) is 2. The van der Waals surface area contributed by atoms with E-state index in [4.69, 9.17) is 0 Å². The van der Waals surface area contributed by atoms with Crippen LogP contribution in [-0.2, 0) is 4.79 Å². The maximum absolute atomic E-state index is 12.4. The minimum Gasteiger partial charge on any atom is -0.481 e. The largest absolute Gasteiger partial charge is 0.481 e. The number of carboxylic acids is 1. The van der Waals surface area contributed by atoms with Crippen molar-refractivity contribution in [2.75, 3.05) is 20.1 Å². The number of carbonyl (C=O) groups is 2. The van der Waals surface area contributed by atoms with Crippen molar-refractivity contribution >= 4 is 12.0 Å². The van der Waals surface area contributed by atoms with Crippen molar-refractivity contribution in [1.82, 2.24) is 9.80 Å². The van der Waals surface area contributed by atoms with Gasteiger partial charge in [-0.1, -0.05) is 13.8 Å². The second-order valence-corrected chi connectivity index (χ2v) is 6.12. The van der Waals surface area contributed by atoms with E-state index < -0.39 is 11.4 Å². The predicted octanol–water partition coefficient (Wildman–Crippen LogP) is 2.41. The Morgan fingerprint density at radius 2 is 1.95 bits per heavy atom. The number of aliphatic carboxylic acids is 1. The predicted molar refractivity (Wildman–Crippen MR) is 74.1 cm³/mol. The lowest BCUT2D eigenvalue weighted by molar-refractivity contribution is -0.148. The van der Waals surface area contributed by atoms with E-state index in [0.717, 1.165) is 6.42 Å². The highest BCUT2D eigenvalue weighted by Gasteiger charge is 2.46. The molecule has 2 amide bonds. The van der Waals surface area contributed by atoms with Crippen LogP contribution in [0.15, 0.2) is 0 Å². The van der Waals surface area contributed by atoms with Crippen LogP contribution >= 0.6 is 0 Å². The summed E-state index contributed by atoms with van der Waals surface area (Å²) in [5.41, 5.74) is -0.968. The Balaban J connectivity index is 2.80. The monoisotopic (exact) mass is 270 g/mol. The zero-order valence-electron chi connectivity index (χ0n) is 12.7. The summed E-state index contributed by atoms with van der Waals surface area (Å²) in [4.78, 5) is 27.2. The van der Waals surface area contributed by atoms with Gasteiger partial charge in [-0.3, -0.25) is 4.79 Å². The molecule has 1 aliphatic heterocycles. The molecule has 1 heterocycles. The molecule has 0 bridgehead atoms. The van der Waals surface area contributed by atoms with Crippen molar-refractivity contribution in [3.05, 3.63) is 0 Å². The molecule has 0 aromatic carbocycles. The molecule has 1 atom stereocenters. The molecule has 1 saturated heterocycles. The fourth-order valence-corrected chi connectivity index (χ4v) is 2.36. The highest BCUT2D eigenvalue weighted by molar-refractivity contribution is 5.80. The minimum absolute atomic E-state index is 0.0663. The maximum atomic E-state index is 12.4. The molecule has 0 radical (unpaired) electrons. The van der Waals surface area contributed by atoms with Crippen molar-refractivity contribution < 1.29 is 14.7 Å². The standard InChI is InChI=1S/C14H26N2O3/c1-6-13(3,4)15(5)12(19)16-9-8-14(7-2,10-16)11(17)18/h6-10H2,1-5H3,(H,17,18). The third kappa shape index (κ3) is 2.85. The number of carboxylic acid groups (broad SMARTS) is 1. The molecule has 5 nitrogen and oxygen atoms in total. The summed E-state index contributed by atoms with van der Waals surface area (Å²) in [6, 6.07) is -0.0663. The molecule has 19 heavy (non-hydrogen) atoms. The van der Waals surface area contributed by atoms with Crippen LogP contribution in [0.1, 0.15) is 47.0 Å². The summed E-state index contributed by atoms with van der Waals surface area (Å²) < 4.78 is 0. The van der Waals surface area contributed by atoms with E-state index in [0.29, 0.717) is 25.9 Å². The summed E-state index contributed by atoms with van der Waals surface area (Å²) in [7, 11) is 1.79. The summed E-state index contributed by atoms with van der Waals surface area (Å²) in [6.45, 7) is 8.81. The summed E-state index contributed by atoms with van der Waals surface area (Å²) in [5, 5.41) is 9.36. The van der Waals surface area contributed by atoms with Crippen molar-refractivity contribution in [3.63, 3.8) is 0 Å². The first-order chi connectivity index (χ1) is 8.70. The second kappa shape index (κ2) is 5.39. The zero-order chi connectivity index (χ0) is 14.8. The Morgan fingerprint density at radius 1 is 1.37 bits per heavy atom. The van der Waals surface area contributed by atoms with Crippen LogP contribution in [0.4, 0.5) is 4.79 Å².